The van der Waals surface area contributed by atoms with Crippen LogP contribution in [0, 0.1) is 5.92 Å². The van der Waals surface area contributed by atoms with Gasteiger partial charge in [-0.1, -0.05) is 19.3 Å². The van der Waals surface area contributed by atoms with Gasteiger partial charge in [0.25, 0.3) is 0 Å². The highest BCUT2D eigenvalue weighted by Crippen LogP contribution is 2.27. The van der Waals surface area contributed by atoms with E-state index in [9.17, 15) is 5.11 Å². The first-order chi connectivity index (χ1) is 6.84. The van der Waals surface area contributed by atoms with Gasteiger partial charge < -0.3 is 9.84 Å². The van der Waals surface area contributed by atoms with Crippen LogP contribution in [0.3, 0.4) is 0 Å². The Morgan fingerprint density at radius 1 is 1.00 bits per heavy atom. The quantitative estimate of drug-likeness (QED) is 0.755. The third-order valence-corrected chi connectivity index (χ3v) is 3.65. The van der Waals surface area contributed by atoms with E-state index in [1.807, 2.05) is 0 Å². The molecule has 0 radical (unpaired) electrons. The summed E-state index contributed by atoms with van der Waals surface area (Å²) in [5.74, 6) is 0.807. The molecule has 0 aromatic rings. The number of hydrogen-bond donors (Lipinski definition) is 1. The third-order valence-electron chi connectivity index (χ3n) is 3.65. The average Bonchev–Trinajstić information content (AvgIpc) is 2.63. The standard InChI is InChI=1S/C12H22O2/c13-11-6-7-12(8-11)14-9-10-4-2-1-3-5-10/h10-13H,1-9H2. The Balaban J connectivity index is 1.61. The molecule has 2 heteroatoms. The van der Waals surface area contributed by atoms with Crippen molar-refractivity contribution in [2.75, 3.05) is 6.61 Å². The van der Waals surface area contributed by atoms with Crippen molar-refractivity contribution in [2.24, 2.45) is 5.92 Å². The van der Waals surface area contributed by atoms with Gasteiger partial charge in [-0.3, -0.25) is 0 Å². The predicted octanol–water partition coefficient (Wildman–Crippen LogP) is 2.50. The van der Waals surface area contributed by atoms with Crippen LogP contribution in [0.15, 0.2) is 0 Å². The molecule has 82 valence electrons. The largest absolute Gasteiger partial charge is 0.393 e. The maximum absolute atomic E-state index is 9.36. The fraction of sp³-hybridized carbons (Fsp3) is 1.00. The molecule has 2 rings (SSSR count). The van der Waals surface area contributed by atoms with Crippen LogP contribution in [-0.2, 0) is 4.74 Å². The van der Waals surface area contributed by atoms with Crippen LogP contribution >= 0.6 is 0 Å². The fourth-order valence-electron chi connectivity index (χ4n) is 2.69. The summed E-state index contributed by atoms with van der Waals surface area (Å²) in [6.07, 6.45) is 10.0. The van der Waals surface area contributed by atoms with Gasteiger partial charge in [-0.2, -0.15) is 0 Å². The lowest BCUT2D eigenvalue weighted by Crippen LogP contribution is -2.18. The van der Waals surface area contributed by atoms with Gasteiger partial charge in [0.05, 0.1) is 12.2 Å². The van der Waals surface area contributed by atoms with Gasteiger partial charge in [0, 0.05) is 6.61 Å². The van der Waals surface area contributed by atoms with Crippen LogP contribution in [0.2, 0.25) is 0 Å². The lowest BCUT2D eigenvalue weighted by molar-refractivity contribution is 0.0176. The first kappa shape index (κ1) is 10.4. The van der Waals surface area contributed by atoms with Gasteiger partial charge >= 0.3 is 0 Å². The molecule has 0 spiro atoms. The van der Waals surface area contributed by atoms with Gasteiger partial charge in [-0.25, -0.2) is 0 Å². The molecule has 0 bridgehead atoms. The first-order valence-electron chi connectivity index (χ1n) is 6.14. The molecule has 2 unspecified atom stereocenters. The van der Waals surface area contributed by atoms with Crippen molar-refractivity contribution in [3.05, 3.63) is 0 Å². The van der Waals surface area contributed by atoms with Gasteiger partial charge in [-0.15, -0.1) is 0 Å². The summed E-state index contributed by atoms with van der Waals surface area (Å²) in [6, 6.07) is 0. The Morgan fingerprint density at radius 2 is 1.79 bits per heavy atom. The van der Waals surface area contributed by atoms with E-state index in [4.69, 9.17) is 4.74 Å². The summed E-state index contributed by atoms with van der Waals surface area (Å²) in [6.45, 7) is 0.942. The molecule has 2 nitrogen and oxygen atoms in total. The summed E-state index contributed by atoms with van der Waals surface area (Å²) < 4.78 is 5.85. The van der Waals surface area contributed by atoms with E-state index in [1.54, 1.807) is 0 Å². The molecule has 2 atom stereocenters. The summed E-state index contributed by atoms with van der Waals surface area (Å²) in [5.41, 5.74) is 0. The molecule has 0 aliphatic heterocycles. The second-order valence-electron chi connectivity index (χ2n) is 4.93. The van der Waals surface area contributed by atoms with Crippen molar-refractivity contribution < 1.29 is 9.84 Å². The maximum atomic E-state index is 9.36. The average molecular weight is 198 g/mol. The molecule has 2 fully saturated rings. The normalized spacial score (nSPS) is 34.9. The Kier molecular flexibility index (Phi) is 3.82. The summed E-state index contributed by atoms with van der Waals surface area (Å²) in [7, 11) is 0. The lowest BCUT2D eigenvalue weighted by atomic mass is 9.90. The van der Waals surface area contributed by atoms with E-state index in [-0.39, 0.29) is 6.10 Å². The third kappa shape index (κ3) is 2.96. The minimum Gasteiger partial charge on any atom is -0.393 e. The van der Waals surface area contributed by atoms with Crippen molar-refractivity contribution in [3.63, 3.8) is 0 Å². The molecule has 2 saturated carbocycles. The zero-order valence-electron chi connectivity index (χ0n) is 8.95. The number of aliphatic hydroxyl groups excluding tert-OH is 1. The summed E-state index contributed by atoms with van der Waals surface area (Å²) in [4.78, 5) is 0. The van der Waals surface area contributed by atoms with Gasteiger partial charge in [0.1, 0.15) is 0 Å². The van der Waals surface area contributed by atoms with E-state index in [1.165, 1.54) is 32.1 Å². The van der Waals surface area contributed by atoms with Gasteiger partial charge in [0.15, 0.2) is 0 Å². The minimum absolute atomic E-state index is 0.0913. The number of rotatable bonds is 3. The molecule has 0 aromatic carbocycles. The molecule has 1 N–H and O–H groups in total. The molecular weight excluding hydrogens is 176 g/mol. The van der Waals surface area contributed by atoms with Crippen LogP contribution in [-0.4, -0.2) is 23.9 Å². The highest BCUT2D eigenvalue weighted by atomic mass is 16.5. The Hall–Kier alpha value is -0.0800. The van der Waals surface area contributed by atoms with Crippen molar-refractivity contribution in [3.8, 4) is 0 Å². The van der Waals surface area contributed by atoms with Crippen molar-refractivity contribution in [1.82, 2.24) is 0 Å². The van der Waals surface area contributed by atoms with E-state index in [0.717, 1.165) is 31.8 Å². The van der Waals surface area contributed by atoms with E-state index < -0.39 is 0 Å². The van der Waals surface area contributed by atoms with Crippen LogP contribution < -0.4 is 0 Å². The lowest BCUT2D eigenvalue weighted by Gasteiger charge is -2.23. The van der Waals surface area contributed by atoms with Crippen molar-refractivity contribution in [2.45, 2.75) is 63.6 Å². The highest BCUT2D eigenvalue weighted by Gasteiger charge is 2.24. The predicted molar refractivity (Wildman–Crippen MR) is 56.2 cm³/mol. The number of hydrogen-bond acceptors (Lipinski definition) is 2. The Bertz CT molecular complexity index is 159. The molecule has 0 aromatic heterocycles. The fourth-order valence-corrected chi connectivity index (χ4v) is 2.69. The summed E-state index contributed by atoms with van der Waals surface area (Å²) in [5, 5.41) is 9.36. The molecule has 2 aliphatic carbocycles. The van der Waals surface area contributed by atoms with Crippen molar-refractivity contribution >= 4 is 0 Å². The van der Waals surface area contributed by atoms with Crippen LogP contribution in [0.25, 0.3) is 0 Å². The van der Waals surface area contributed by atoms with Crippen LogP contribution in [0.5, 0.6) is 0 Å². The zero-order chi connectivity index (χ0) is 9.80. The highest BCUT2D eigenvalue weighted by molar-refractivity contribution is 4.75. The van der Waals surface area contributed by atoms with Gasteiger partial charge in [0.2, 0.25) is 0 Å². The smallest absolute Gasteiger partial charge is 0.0600 e. The Morgan fingerprint density at radius 3 is 2.43 bits per heavy atom. The molecule has 0 amide bonds. The first-order valence-corrected chi connectivity index (χ1v) is 6.14. The van der Waals surface area contributed by atoms with Crippen molar-refractivity contribution in [1.29, 1.82) is 0 Å². The minimum atomic E-state index is -0.0913. The van der Waals surface area contributed by atoms with Gasteiger partial charge in [-0.05, 0) is 38.0 Å². The molecule has 2 aliphatic rings. The van der Waals surface area contributed by atoms with E-state index >= 15 is 0 Å². The molecule has 0 saturated heterocycles. The zero-order valence-corrected chi connectivity index (χ0v) is 8.95. The van der Waals surface area contributed by atoms with E-state index in [2.05, 4.69) is 0 Å². The number of ether oxygens (including phenoxy) is 1. The molecule has 14 heavy (non-hydrogen) atoms. The maximum Gasteiger partial charge on any atom is 0.0600 e. The van der Waals surface area contributed by atoms with Crippen LogP contribution in [0.1, 0.15) is 51.4 Å². The monoisotopic (exact) mass is 198 g/mol. The second-order valence-corrected chi connectivity index (χ2v) is 4.93. The van der Waals surface area contributed by atoms with Crippen LogP contribution in [0.4, 0.5) is 0 Å². The molecular formula is C12H22O2. The molecule has 0 heterocycles. The topological polar surface area (TPSA) is 29.5 Å². The number of aliphatic hydroxyl groups is 1. The Labute approximate surface area is 86.6 Å². The SMILES string of the molecule is OC1CCC(OCC2CCCCC2)C1. The second kappa shape index (κ2) is 5.13. The summed E-state index contributed by atoms with van der Waals surface area (Å²) >= 11 is 0. The van der Waals surface area contributed by atoms with E-state index in [0.29, 0.717) is 6.10 Å².